The summed E-state index contributed by atoms with van der Waals surface area (Å²) in [6, 6.07) is 3.27. The second kappa shape index (κ2) is 8.76. The number of hydrogen-bond acceptors (Lipinski definition) is 7. The fourth-order valence-electron chi connectivity index (χ4n) is 2.20. The van der Waals surface area contributed by atoms with Crippen molar-refractivity contribution in [2.24, 2.45) is 0 Å². The van der Waals surface area contributed by atoms with Gasteiger partial charge in [-0.25, -0.2) is 4.79 Å². The Kier molecular flexibility index (Phi) is 6.70. The third-order valence-electron chi connectivity index (χ3n) is 3.30. The van der Waals surface area contributed by atoms with Gasteiger partial charge in [0.25, 0.3) is 5.91 Å². The molecule has 4 N–H and O–H groups in total. The fraction of sp³-hybridized carbons (Fsp3) is 0.357. The molecule has 0 unspecified atom stereocenters. The van der Waals surface area contributed by atoms with Crippen molar-refractivity contribution >= 4 is 41.9 Å². The van der Waals surface area contributed by atoms with Crippen LogP contribution in [0.1, 0.15) is 11.3 Å². The first-order chi connectivity index (χ1) is 11.9. The van der Waals surface area contributed by atoms with Gasteiger partial charge in [-0.15, -0.1) is 11.3 Å². The summed E-state index contributed by atoms with van der Waals surface area (Å²) in [4.78, 5) is 34.5. The number of ether oxygens (including phenoxy) is 1. The molecule has 11 heteroatoms. The molecule has 0 aromatic carbocycles. The van der Waals surface area contributed by atoms with E-state index in [0.717, 1.165) is 6.08 Å². The van der Waals surface area contributed by atoms with Gasteiger partial charge in [0.1, 0.15) is 0 Å². The Bertz CT molecular complexity index is 662. The maximum absolute atomic E-state index is 12.4. The summed E-state index contributed by atoms with van der Waals surface area (Å²) in [6.45, 7) is -0.147. The van der Waals surface area contributed by atoms with Crippen molar-refractivity contribution in [1.29, 1.82) is 0 Å². The molecule has 1 aromatic heterocycles. The lowest BCUT2D eigenvalue weighted by atomic mass is 9.79. The van der Waals surface area contributed by atoms with Crippen molar-refractivity contribution in [3.8, 4) is 0 Å². The normalized spacial score (nSPS) is 21.5. The quantitative estimate of drug-likeness (QED) is 0.392. The average molecular weight is 369 g/mol. The van der Waals surface area contributed by atoms with Gasteiger partial charge in [0.2, 0.25) is 0 Å². The maximum atomic E-state index is 12.4. The third-order valence-corrected chi connectivity index (χ3v) is 4.20. The van der Waals surface area contributed by atoms with E-state index in [1.54, 1.807) is 17.5 Å². The number of amides is 1. The first kappa shape index (κ1) is 19.1. The molecule has 2 rings (SSSR count). The fourth-order valence-corrected chi connectivity index (χ4v) is 2.94. The van der Waals surface area contributed by atoms with Gasteiger partial charge in [-0.05, 0) is 11.4 Å². The van der Waals surface area contributed by atoms with E-state index >= 15 is 0 Å². The first-order valence-electron chi connectivity index (χ1n) is 7.29. The van der Waals surface area contributed by atoms with E-state index < -0.39 is 37.0 Å². The topological polar surface area (TPSA) is 142 Å². The minimum Gasteiger partial charge on any atom is -0.481 e. The number of thiophene rings is 1. The van der Waals surface area contributed by atoms with Crippen LogP contribution in [-0.2, 0) is 23.8 Å². The van der Waals surface area contributed by atoms with E-state index in [1.165, 1.54) is 11.3 Å². The number of carboxylic acids is 2. The smallest absolute Gasteiger partial charge is 0.480 e. The molecular formula is C14H16BNO8S. The Hall–Kier alpha value is -2.21. The second-order valence-corrected chi connectivity index (χ2v) is 6.19. The summed E-state index contributed by atoms with van der Waals surface area (Å²) in [7, 11) is -1.48. The molecule has 2 atom stereocenters. The molecule has 25 heavy (non-hydrogen) atoms. The molecule has 0 bridgehead atoms. The summed E-state index contributed by atoms with van der Waals surface area (Å²) in [5.74, 6) is -4.07. The maximum Gasteiger partial charge on any atom is 0.480 e. The van der Waals surface area contributed by atoms with Crippen LogP contribution in [0.25, 0.3) is 5.57 Å². The zero-order valence-electron chi connectivity index (χ0n) is 13.0. The molecule has 0 aliphatic carbocycles. The van der Waals surface area contributed by atoms with Crippen molar-refractivity contribution in [2.75, 3.05) is 13.2 Å². The number of carbonyl (C=O) groups excluding carboxylic acids is 1. The predicted molar refractivity (Wildman–Crippen MR) is 87.8 cm³/mol. The van der Waals surface area contributed by atoms with E-state index in [-0.39, 0.29) is 25.2 Å². The second-order valence-electron chi connectivity index (χ2n) is 5.24. The predicted octanol–water partition coefficient (Wildman–Crippen LogP) is -0.389. The van der Waals surface area contributed by atoms with Crippen LogP contribution in [0.15, 0.2) is 23.6 Å². The Balaban J connectivity index is 2.07. The molecule has 134 valence electrons. The summed E-state index contributed by atoms with van der Waals surface area (Å²) in [5, 5.41) is 31.9. The van der Waals surface area contributed by atoms with E-state index in [2.05, 4.69) is 5.32 Å². The van der Waals surface area contributed by atoms with Gasteiger partial charge in [0.05, 0.1) is 37.3 Å². The highest BCUT2D eigenvalue weighted by Gasteiger charge is 2.36. The van der Waals surface area contributed by atoms with Crippen molar-refractivity contribution in [3.63, 3.8) is 0 Å². The first-order valence-corrected chi connectivity index (χ1v) is 8.17. The van der Waals surface area contributed by atoms with Crippen LogP contribution in [0.4, 0.5) is 0 Å². The Morgan fingerprint density at radius 1 is 1.36 bits per heavy atom. The minimum atomic E-state index is -1.48. The van der Waals surface area contributed by atoms with E-state index in [9.17, 15) is 19.4 Å². The molecule has 1 aliphatic rings. The number of carbonyl (C=O) groups is 3. The van der Waals surface area contributed by atoms with E-state index in [4.69, 9.17) is 19.6 Å². The van der Waals surface area contributed by atoms with Gasteiger partial charge < -0.3 is 29.9 Å². The summed E-state index contributed by atoms with van der Waals surface area (Å²) in [6.07, 6.45) is -0.420. The van der Waals surface area contributed by atoms with Crippen LogP contribution in [0, 0.1) is 0 Å². The highest BCUT2D eigenvalue weighted by Crippen LogP contribution is 2.21. The van der Waals surface area contributed by atoms with Gasteiger partial charge >= 0.3 is 19.1 Å². The van der Waals surface area contributed by atoms with Crippen LogP contribution in [-0.4, -0.2) is 65.5 Å². The molecular weight excluding hydrogens is 353 g/mol. The highest BCUT2D eigenvalue weighted by molar-refractivity contribution is 7.11. The Labute approximate surface area is 147 Å². The van der Waals surface area contributed by atoms with Crippen molar-refractivity contribution < 1.29 is 39.0 Å². The van der Waals surface area contributed by atoms with E-state index in [1.807, 2.05) is 0 Å². The molecule has 1 saturated heterocycles. The summed E-state index contributed by atoms with van der Waals surface area (Å²) >= 11 is 1.19. The standard InChI is InChI=1S/C14H16BNO8S/c17-12(18)4-8-6-23-7-11(15(22)24-8)16-14(21)9(5-13(19)20)10-2-1-3-25-10/h1-3,5,8,11,22H,4,6-7H2,(H,16,21)(H,17,18)(H,19,20)/b9-5-/t8-,11-/m0/s1. The Morgan fingerprint density at radius 3 is 2.72 bits per heavy atom. The zero-order chi connectivity index (χ0) is 18.4. The summed E-state index contributed by atoms with van der Waals surface area (Å²) in [5.41, 5.74) is -0.0685. The van der Waals surface area contributed by atoms with Gasteiger partial charge in [-0.1, -0.05) is 6.07 Å². The number of aliphatic carboxylic acids is 2. The number of nitrogens with one attached hydrogen (secondary N) is 1. The van der Waals surface area contributed by atoms with E-state index in [0.29, 0.717) is 4.88 Å². The molecule has 1 amide bonds. The highest BCUT2D eigenvalue weighted by atomic mass is 32.1. The average Bonchev–Trinajstić information content (AvgIpc) is 2.98. The molecule has 0 radical (unpaired) electrons. The molecule has 0 saturated carbocycles. The SMILES string of the molecule is O=C(O)/C=C(\C(=O)N[C@H]1COC[C@H](CC(=O)O)OB1O)c1cccs1. The zero-order valence-corrected chi connectivity index (χ0v) is 13.8. The third kappa shape index (κ3) is 5.67. The van der Waals surface area contributed by atoms with Gasteiger partial charge in [0.15, 0.2) is 0 Å². The van der Waals surface area contributed by atoms with Crippen molar-refractivity contribution in [1.82, 2.24) is 5.32 Å². The number of carboxylic acid groups (broad SMARTS) is 2. The molecule has 2 heterocycles. The van der Waals surface area contributed by atoms with Gasteiger partial charge in [-0.3, -0.25) is 9.59 Å². The lowest BCUT2D eigenvalue weighted by Gasteiger charge is -2.19. The monoisotopic (exact) mass is 369 g/mol. The van der Waals surface area contributed by atoms with Gasteiger partial charge in [-0.2, -0.15) is 0 Å². The van der Waals surface area contributed by atoms with Crippen LogP contribution in [0.3, 0.4) is 0 Å². The lowest BCUT2D eigenvalue weighted by Crippen LogP contribution is -2.50. The van der Waals surface area contributed by atoms with Gasteiger partial charge in [0, 0.05) is 11.0 Å². The summed E-state index contributed by atoms with van der Waals surface area (Å²) < 4.78 is 10.4. The molecule has 0 spiro atoms. The molecule has 1 aliphatic heterocycles. The molecule has 9 nitrogen and oxygen atoms in total. The van der Waals surface area contributed by atoms with Crippen LogP contribution in [0.5, 0.6) is 0 Å². The largest absolute Gasteiger partial charge is 0.481 e. The van der Waals surface area contributed by atoms with Crippen molar-refractivity contribution in [2.45, 2.75) is 18.5 Å². The van der Waals surface area contributed by atoms with Crippen LogP contribution < -0.4 is 5.32 Å². The Morgan fingerprint density at radius 2 is 2.12 bits per heavy atom. The van der Waals surface area contributed by atoms with Crippen molar-refractivity contribution in [3.05, 3.63) is 28.5 Å². The minimum absolute atomic E-state index is 0.0432. The lowest BCUT2D eigenvalue weighted by molar-refractivity contribution is -0.139. The number of rotatable bonds is 6. The molecule has 1 fully saturated rings. The van der Waals surface area contributed by atoms with Crippen LogP contribution in [0.2, 0.25) is 0 Å². The molecule has 1 aromatic rings. The number of hydrogen-bond donors (Lipinski definition) is 4. The van der Waals surface area contributed by atoms with Crippen LogP contribution >= 0.6 is 11.3 Å².